The van der Waals surface area contributed by atoms with Gasteiger partial charge in [0.25, 0.3) is 0 Å². The van der Waals surface area contributed by atoms with E-state index in [1.165, 1.54) is 11.1 Å². The molecule has 0 radical (unpaired) electrons. The van der Waals surface area contributed by atoms with E-state index in [0.717, 1.165) is 42.2 Å². The highest BCUT2D eigenvalue weighted by atomic mass is 35.5. The zero-order valence-electron chi connectivity index (χ0n) is 15.6. The molecule has 0 spiro atoms. The molecule has 1 fully saturated rings. The molecule has 0 bridgehead atoms. The van der Waals surface area contributed by atoms with E-state index in [0.29, 0.717) is 6.04 Å². The lowest BCUT2D eigenvalue weighted by Gasteiger charge is -2.37. The van der Waals surface area contributed by atoms with Crippen molar-refractivity contribution in [3.05, 3.63) is 58.9 Å². The maximum atomic E-state index is 6.46. The molecule has 1 aliphatic heterocycles. The Bertz CT molecular complexity index is 908. The average Bonchev–Trinajstić information content (AvgIpc) is 3.06. The summed E-state index contributed by atoms with van der Waals surface area (Å²) in [4.78, 5) is 7.15. The molecule has 4 rings (SSSR count). The fourth-order valence-corrected chi connectivity index (χ4v) is 3.93. The highest BCUT2D eigenvalue weighted by Gasteiger charge is 2.25. The summed E-state index contributed by atoms with van der Waals surface area (Å²) in [5.74, 6) is 0. The van der Waals surface area contributed by atoms with Crippen LogP contribution in [-0.4, -0.2) is 39.3 Å². The molecule has 1 aliphatic rings. The molecule has 1 aromatic carbocycles. The van der Waals surface area contributed by atoms with Crippen LogP contribution < -0.4 is 5.32 Å². The summed E-state index contributed by atoms with van der Waals surface area (Å²) in [5.41, 5.74) is 3.34. The molecule has 0 saturated carbocycles. The summed E-state index contributed by atoms with van der Waals surface area (Å²) >= 11 is 6.46. The van der Waals surface area contributed by atoms with Crippen LogP contribution >= 0.6 is 24.0 Å². The van der Waals surface area contributed by atoms with Gasteiger partial charge in [-0.1, -0.05) is 29.8 Å². The highest BCUT2D eigenvalue weighted by molar-refractivity contribution is 6.31. The number of fused-ring (bicyclic) bond motifs is 1. The lowest BCUT2D eigenvalue weighted by atomic mass is 10.0. The van der Waals surface area contributed by atoms with Gasteiger partial charge >= 0.3 is 0 Å². The number of benzene rings is 1. The SMILES string of the molecule is CC(C)n1ncc2cc(CN3CCNCC3c3ccccc3Cl)cnc21.Cl. The smallest absolute Gasteiger partial charge is 0.157 e. The lowest BCUT2D eigenvalue weighted by molar-refractivity contribution is 0.153. The largest absolute Gasteiger partial charge is 0.314 e. The Labute approximate surface area is 171 Å². The minimum absolute atomic E-state index is 0. The first-order chi connectivity index (χ1) is 12.6. The maximum Gasteiger partial charge on any atom is 0.157 e. The Kier molecular flexibility index (Phi) is 6.37. The second kappa shape index (κ2) is 8.57. The van der Waals surface area contributed by atoms with Crippen LogP contribution in [-0.2, 0) is 6.54 Å². The molecule has 0 aliphatic carbocycles. The fraction of sp³-hybridized carbons (Fsp3) is 0.400. The van der Waals surface area contributed by atoms with E-state index in [4.69, 9.17) is 11.6 Å². The van der Waals surface area contributed by atoms with E-state index in [9.17, 15) is 0 Å². The van der Waals surface area contributed by atoms with Crippen LogP contribution in [0.2, 0.25) is 5.02 Å². The topological polar surface area (TPSA) is 46.0 Å². The number of aromatic nitrogens is 3. The number of rotatable bonds is 4. The molecule has 1 saturated heterocycles. The first kappa shape index (κ1) is 20.1. The Morgan fingerprint density at radius 1 is 1.26 bits per heavy atom. The Morgan fingerprint density at radius 3 is 2.85 bits per heavy atom. The van der Waals surface area contributed by atoms with Gasteiger partial charge in [0.1, 0.15) is 0 Å². The zero-order chi connectivity index (χ0) is 18.1. The molecule has 3 aromatic rings. The Morgan fingerprint density at radius 2 is 2.07 bits per heavy atom. The predicted molar refractivity (Wildman–Crippen MR) is 113 cm³/mol. The van der Waals surface area contributed by atoms with Gasteiger partial charge in [-0.05, 0) is 37.1 Å². The van der Waals surface area contributed by atoms with Crippen molar-refractivity contribution in [3.63, 3.8) is 0 Å². The van der Waals surface area contributed by atoms with Gasteiger partial charge < -0.3 is 5.32 Å². The summed E-state index contributed by atoms with van der Waals surface area (Å²) in [6, 6.07) is 10.9. The number of pyridine rings is 1. The van der Waals surface area contributed by atoms with Gasteiger partial charge in [-0.25, -0.2) is 9.67 Å². The molecular formula is C20H25Cl2N5. The average molecular weight is 406 g/mol. The molecule has 2 aromatic heterocycles. The van der Waals surface area contributed by atoms with Crippen molar-refractivity contribution < 1.29 is 0 Å². The summed E-state index contributed by atoms with van der Waals surface area (Å²) in [6.07, 6.45) is 3.89. The van der Waals surface area contributed by atoms with Gasteiger partial charge in [-0.3, -0.25) is 4.90 Å². The second-order valence-electron chi connectivity index (χ2n) is 7.15. The van der Waals surface area contributed by atoms with E-state index in [1.807, 2.05) is 29.2 Å². The summed E-state index contributed by atoms with van der Waals surface area (Å²) < 4.78 is 1.97. The van der Waals surface area contributed by atoms with Crippen molar-refractivity contribution in [2.45, 2.75) is 32.5 Å². The van der Waals surface area contributed by atoms with Gasteiger partial charge in [0.15, 0.2) is 5.65 Å². The van der Waals surface area contributed by atoms with E-state index in [-0.39, 0.29) is 18.4 Å². The number of hydrogen-bond acceptors (Lipinski definition) is 4. The summed E-state index contributed by atoms with van der Waals surface area (Å²) in [7, 11) is 0. The van der Waals surface area contributed by atoms with Crippen molar-refractivity contribution in [1.29, 1.82) is 0 Å². The monoisotopic (exact) mass is 405 g/mol. The quantitative estimate of drug-likeness (QED) is 0.704. The number of halogens is 2. The number of piperazine rings is 1. The van der Waals surface area contributed by atoms with E-state index in [2.05, 4.69) is 52.3 Å². The van der Waals surface area contributed by atoms with Gasteiger partial charge in [0.2, 0.25) is 0 Å². The third kappa shape index (κ3) is 4.11. The van der Waals surface area contributed by atoms with Crippen LogP contribution in [0.15, 0.2) is 42.7 Å². The fourth-order valence-electron chi connectivity index (χ4n) is 3.67. The van der Waals surface area contributed by atoms with Crippen LogP contribution in [0.25, 0.3) is 11.0 Å². The molecular weight excluding hydrogens is 381 g/mol. The Balaban J connectivity index is 0.00000210. The molecule has 1 N–H and O–H groups in total. The Hall–Kier alpha value is -1.66. The van der Waals surface area contributed by atoms with E-state index >= 15 is 0 Å². The normalized spacial score (nSPS) is 18.0. The zero-order valence-corrected chi connectivity index (χ0v) is 17.2. The molecule has 3 heterocycles. The number of hydrogen-bond donors (Lipinski definition) is 1. The molecule has 1 unspecified atom stereocenters. The van der Waals surface area contributed by atoms with Gasteiger partial charge in [0.05, 0.1) is 6.20 Å². The number of nitrogens with zero attached hydrogens (tertiary/aromatic N) is 4. The van der Waals surface area contributed by atoms with Crippen molar-refractivity contribution in [1.82, 2.24) is 25.0 Å². The minimum Gasteiger partial charge on any atom is -0.314 e. The first-order valence-corrected chi connectivity index (χ1v) is 9.52. The van der Waals surface area contributed by atoms with E-state index < -0.39 is 0 Å². The van der Waals surface area contributed by atoms with Crippen molar-refractivity contribution in [2.75, 3.05) is 19.6 Å². The standard InChI is InChI=1S/C20H24ClN5.ClH/c1-14(2)26-20-16(11-24-26)9-15(10-23-20)13-25-8-7-22-12-19(25)17-5-3-4-6-18(17)21;/h3-6,9-11,14,19,22H,7-8,12-13H2,1-2H3;1H. The summed E-state index contributed by atoms with van der Waals surface area (Å²) in [5, 5.41) is 9.89. The van der Waals surface area contributed by atoms with E-state index in [1.54, 1.807) is 0 Å². The molecule has 7 heteroatoms. The molecule has 27 heavy (non-hydrogen) atoms. The van der Waals surface area contributed by atoms with Crippen molar-refractivity contribution >= 4 is 35.0 Å². The predicted octanol–water partition coefficient (Wildman–Crippen LogP) is 4.23. The molecule has 144 valence electrons. The third-order valence-corrected chi connectivity index (χ3v) is 5.33. The first-order valence-electron chi connectivity index (χ1n) is 9.15. The highest BCUT2D eigenvalue weighted by Crippen LogP contribution is 2.30. The maximum absolute atomic E-state index is 6.46. The lowest BCUT2D eigenvalue weighted by Crippen LogP contribution is -2.45. The van der Waals surface area contributed by atoms with Crippen LogP contribution in [0.1, 0.15) is 37.1 Å². The van der Waals surface area contributed by atoms with Gasteiger partial charge in [-0.15, -0.1) is 12.4 Å². The van der Waals surface area contributed by atoms with Gasteiger partial charge in [0, 0.05) is 54.9 Å². The van der Waals surface area contributed by atoms with Gasteiger partial charge in [-0.2, -0.15) is 5.10 Å². The van der Waals surface area contributed by atoms with Crippen LogP contribution in [0.5, 0.6) is 0 Å². The van der Waals surface area contributed by atoms with Crippen LogP contribution in [0, 0.1) is 0 Å². The van der Waals surface area contributed by atoms with Crippen LogP contribution in [0.4, 0.5) is 0 Å². The third-order valence-electron chi connectivity index (χ3n) is 4.98. The molecule has 1 atom stereocenters. The molecule has 5 nitrogen and oxygen atoms in total. The summed E-state index contributed by atoms with van der Waals surface area (Å²) in [6.45, 7) is 7.98. The second-order valence-corrected chi connectivity index (χ2v) is 7.56. The minimum atomic E-state index is 0. The molecule has 0 amide bonds. The van der Waals surface area contributed by atoms with Crippen molar-refractivity contribution in [2.24, 2.45) is 0 Å². The van der Waals surface area contributed by atoms with Crippen molar-refractivity contribution in [3.8, 4) is 0 Å². The van der Waals surface area contributed by atoms with Crippen LogP contribution in [0.3, 0.4) is 0 Å². The number of nitrogens with one attached hydrogen (secondary N) is 1.